The molecule has 2 aromatic rings. The number of hydrogen-bond donors (Lipinski definition) is 0. The minimum atomic E-state index is -0.380. The molecular weight excluding hydrogens is 406 g/mol. The summed E-state index contributed by atoms with van der Waals surface area (Å²) in [7, 11) is 0. The van der Waals surface area contributed by atoms with E-state index in [1.807, 2.05) is 6.92 Å². The van der Waals surface area contributed by atoms with Crippen LogP contribution in [-0.4, -0.2) is 18.0 Å². The van der Waals surface area contributed by atoms with E-state index < -0.39 is 0 Å². The molecule has 0 aromatic heterocycles. The summed E-state index contributed by atoms with van der Waals surface area (Å²) in [6.07, 6.45) is 2.06. The monoisotopic (exact) mass is 447 g/mol. The highest BCUT2D eigenvalue weighted by molar-refractivity contribution is 5.40. The lowest BCUT2D eigenvalue weighted by molar-refractivity contribution is -1.26. The molecule has 0 saturated heterocycles. The van der Waals surface area contributed by atoms with Crippen molar-refractivity contribution in [1.29, 1.82) is 0 Å². The molecular formula is C27H42ClNO2. The van der Waals surface area contributed by atoms with Gasteiger partial charge in [-0.15, -0.1) is 0 Å². The van der Waals surface area contributed by atoms with Gasteiger partial charge in [0.1, 0.15) is 13.2 Å². The zero-order valence-corrected chi connectivity index (χ0v) is 21.5. The second kappa shape index (κ2) is 11.9. The van der Waals surface area contributed by atoms with Gasteiger partial charge in [-0.3, -0.25) is 4.84 Å². The zero-order chi connectivity index (χ0) is 22.4. The maximum atomic E-state index is 6.88. The van der Waals surface area contributed by atoms with E-state index in [1.54, 1.807) is 0 Å². The number of hydroxylamine groups is 4. The van der Waals surface area contributed by atoms with Gasteiger partial charge in [-0.1, -0.05) is 70.2 Å². The van der Waals surface area contributed by atoms with Crippen molar-refractivity contribution in [1.82, 2.24) is 0 Å². The lowest BCUT2D eigenvalue weighted by Gasteiger charge is -2.43. The fraction of sp³-hybridized carbons (Fsp3) is 0.556. The van der Waals surface area contributed by atoms with Crippen LogP contribution in [0, 0.1) is 11.8 Å². The molecule has 0 aliphatic carbocycles. The summed E-state index contributed by atoms with van der Waals surface area (Å²) in [4.78, 5) is 13.4. The summed E-state index contributed by atoms with van der Waals surface area (Å²) in [5, 5.41) is 0. The van der Waals surface area contributed by atoms with Crippen LogP contribution in [0.1, 0.15) is 72.1 Å². The van der Waals surface area contributed by atoms with Crippen LogP contribution in [0.5, 0.6) is 5.75 Å². The van der Waals surface area contributed by atoms with Crippen molar-refractivity contribution >= 4 is 0 Å². The highest BCUT2D eigenvalue weighted by atomic mass is 35.5. The third kappa shape index (κ3) is 6.47. The van der Waals surface area contributed by atoms with Crippen LogP contribution in [-0.2, 0) is 23.2 Å². The van der Waals surface area contributed by atoms with Gasteiger partial charge < -0.3 is 12.4 Å². The first-order chi connectivity index (χ1) is 14.2. The second-order valence-corrected chi connectivity index (χ2v) is 9.51. The van der Waals surface area contributed by atoms with E-state index in [-0.39, 0.29) is 22.8 Å². The Kier molecular flexibility index (Phi) is 10.5. The first-order valence-electron chi connectivity index (χ1n) is 11.5. The minimum Gasteiger partial charge on any atom is -1.00 e. The lowest BCUT2D eigenvalue weighted by Crippen LogP contribution is -3.00. The van der Waals surface area contributed by atoms with Gasteiger partial charge in [0.25, 0.3) is 0 Å². The van der Waals surface area contributed by atoms with E-state index in [0.717, 1.165) is 18.6 Å². The van der Waals surface area contributed by atoms with Gasteiger partial charge in [0.2, 0.25) is 0 Å². The molecule has 1 atom stereocenters. The van der Waals surface area contributed by atoms with Crippen LogP contribution in [0.4, 0.5) is 0 Å². The normalized spacial score (nSPS) is 13.7. The van der Waals surface area contributed by atoms with Crippen molar-refractivity contribution < 1.29 is 26.9 Å². The van der Waals surface area contributed by atoms with Gasteiger partial charge in [-0.25, -0.2) is 0 Å². The summed E-state index contributed by atoms with van der Waals surface area (Å²) in [5.41, 5.74) is 3.53. The Morgan fingerprint density at radius 2 is 1.45 bits per heavy atom. The maximum absolute atomic E-state index is 6.88. The lowest BCUT2D eigenvalue weighted by atomic mass is 9.92. The molecule has 0 N–H and O–H groups in total. The molecule has 0 bridgehead atoms. The Morgan fingerprint density at radius 1 is 0.839 bits per heavy atom. The summed E-state index contributed by atoms with van der Waals surface area (Å²) < 4.78 is 0. The highest BCUT2D eigenvalue weighted by Crippen LogP contribution is 2.39. The van der Waals surface area contributed by atoms with Crippen molar-refractivity contribution in [3.05, 3.63) is 65.2 Å². The molecule has 0 heterocycles. The average molecular weight is 448 g/mol. The third-order valence-corrected chi connectivity index (χ3v) is 5.80. The predicted molar refractivity (Wildman–Crippen MR) is 126 cm³/mol. The topological polar surface area (TPSA) is 18.5 Å². The second-order valence-electron chi connectivity index (χ2n) is 9.51. The summed E-state index contributed by atoms with van der Waals surface area (Å²) in [5.74, 6) is 2.10. The molecule has 4 heteroatoms. The largest absolute Gasteiger partial charge is 1.00 e. The van der Waals surface area contributed by atoms with Gasteiger partial charge in [0, 0.05) is 29.8 Å². The van der Waals surface area contributed by atoms with E-state index in [2.05, 4.69) is 97.0 Å². The van der Waals surface area contributed by atoms with Crippen LogP contribution in [0.3, 0.4) is 0 Å². The number of halogens is 1. The number of nitrogens with zero attached hydrogens (tertiary/aromatic N) is 1. The Hall–Kier alpha value is -1.55. The average Bonchev–Trinajstić information content (AvgIpc) is 2.69. The molecule has 1 unspecified atom stereocenters. The Labute approximate surface area is 196 Å². The van der Waals surface area contributed by atoms with Gasteiger partial charge >= 0.3 is 0 Å². The number of quaternary nitrogens is 1. The van der Waals surface area contributed by atoms with Gasteiger partial charge in [0.05, 0.1) is 0 Å². The molecule has 0 aliphatic heterocycles. The van der Waals surface area contributed by atoms with Crippen LogP contribution in [0.15, 0.2) is 48.5 Å². The summed E-state index contributed by atoms with van der Waals surface area (Å²) in [6.45, 7) is 19.0. The van der Waals surface area contributed by atoms with Crippen molar-refractivity contribution in [3.8, 4) is 5.75 Å². The van der Waals surface area contributed by atoms with E-state index >= 15 is 0 Å². The molecule has 2 rings (SSSR count). The number of benzene rings is 2. The van der Waals surface area contributed by atoms with E-state index in [4.69, 9.17) is 9.68 Å². The van der Waals surface area contributed by atoms with E-state index in [0.29, 0.717) is 25.0 Å². The Balaban J connectivity index is 0.00000480. The van der Waals surface area contributed by atoms with Gasteiger partial charge in [-0.2, -0.15) is 4.84 Å². The van der Waals surface area contributed by atoms with Crippen LogP contribution in [0.25, 0.3) is 0 Å². The fourth-order valence-corrected chi connectivity index (χ4v) is 4.23. The first kappa shape index (κ1) is 27.5. The molecule has 0 aliphatic rings. The molecule has 0 radical (unpaired) electrons. The SMILES string of the molecule is CCO[N+](CC)(Oc1cccc(CC(C)C)c1CC(C)C)C(C)(C)c1ccccc1.[Cl-]. The predicted octanol–water partition coefficient (Wildman–Crippen LogP) is 4.10. The van der Waals surface area contributed by atoms with Crippen LogP contribution in [0.2, 0.25) is 0 Å². The molecule has 0 fully saturated rings. The molecule has 0 amide bonds. The third-order valence-electron chi connectivity index (χ3n) is 5.80. The molecule has 31 heavy (non-hydrogen) atoms. The molecule has 3 nitrogen and oxygen atoms in total. The van der Waals surface area contributed by atoms with Crippen molar-refractivity contribution in [3.63, 3.8) is 0 Å². The van der Waals surface area contributed by atoms with Crippen molar-refractivity contribution in [2.24, 2.45) is 11.8 Å². The first-order valence-corrected chi connectivity index (χ1v) is 11.5. The molecule has 0 saturated carbocycles. The minimum absolute atomic E-state index is 0. The summed E-state index contributed by atoms with van der Waals surface area (Å²) in [6, 6.07) is 17.0. The van der Waals surface area contributed by atoms with Gasteiger partial charge in [0.15, 0.2) is 11.3 Å². The van der Waals surface area contributed by atoms with Gasteiger partial charge in [-0.05, 0) is 50.2 Å². The molecule has 2 aromatic carbocycles. The van der Waals surface area contributed by atoms with E-state index in [1.165, 1.54) is 16.7 Å². The zero-order valence-electron chi connectivity index (χ0n) is 20.7. The Morgan fingerprint density at radius 3 is 1.97 bits per heavy atom. The number of rotatable bonds is 11. The Bertz CT molecular complexity index is 789. The van der Waals surface area contributed by atoms with Crippen LogP contribution >= 0.6 is 0 Å². The smallest absolute Gasteiger partial charge is 0.198 e. The maximum Gasteiger partial charge on any atom is 0.198 e. The van der Waals surface area contributed by atoms with E-state index in [9.17, 15) is 0 Å². The molecule has 0 spiro atoms. The number of hydrogen-bond acceptors (Lipinski definition) is 2. The highest BCUT2D eigenvalue weighted by Gasteiger charge is 2.50. The van der Waals surface area contributed by atoms with Crippen LogP contribution < -0.4 is 17.2 Å². The van der Waals surface area contributed by atoms with Crippen molar-refractivity contribution in [2.75, 3.05) is 13.2 Å². The van der Waals surface area contributed by atoms with Crippen molar-refractivity contribution in [2.45, 2.75) is 73.8 Å². The molecule has 174 valence electrons. The standard InChI is InChI=1S/C27H42NO2.ClH/c1-9-28(29-10-2,27(7,8)24-16-12-11-13-17-24)30-26-18-14-15-23(19-21(3)4)25(26)20-22(5)6;/h11-18,21-22H,9-10,19-20H2,1-8H3;1H/q+1;/p-1. The summed E-state index contributed by atoms with van der Waals surface area (Å²) >= 11 is 0. The fourth-order valence-electron chi connectivity index (χ4n) is 4.23. The quantitative estimate of drug-likeness (QED) is 0.381.